The zero-order valence-electron chi connectivity index (χ0n) is 10.8. The van der Waals surface area contributed by atoms with Gasteiger partial charge in [0.05, 0.1) is 6.07 Å². The van der Waals surface area contributed by atoms with Crippen LogP contribution in [-0.4, -0.2) is 24.0 Å². The molecule has 1 rings (SSSR count). The van der Waals surface area contributed by atoms with E-state index in [9.17, 15) is 10.1 Å². The maximum atomic E-state index is 12.1. The topological polar surface area (TPSA) is 52.9 Å². The monoisotopic (exact) mass is 254 g/mol. The highest BCUT2D eigenvalue weighted by Crippen LogP contribution is 2.35. The van der Waals surface area contributed by atoms with Crippen molar-refractivity contribution in [2.45, 2.75) is 50.7 Å². The van der Waals surface area contributed by atoms with Crippen molar-refractivity contribution in [3.05, 3.63) is 0 Å². The van der Waals surface area contributed by atoms with Gasteiger partial charge in [-0.3, -0.25) is 4.79 Å². The summed E-state index contributed by atoms with van der Waals surface area (Å²) >= 11 is 1.80. The molecule has 0 radical (unpaired) electrons. The quantitative estimate of drug-likeness (QED) is 0.820. The van der Waals surface area contributed by atoms with Crippen LogP contribution in [0.1, 0.15) is 45.4 Å². The minimum absolute atomic E-state index is 0.0481. The summed E-state index contributed by atoms with van der Waals surface area (Å²) < 4.78 is 0. The Bertz CT molecular complexity index is 292. The number of amides is 1. The summed E-state index contributed by atoms with van der Waals surface area (Å²) in [5.74, 6) is -0.0481. The molecule has 1 fully saturated rings. The maximum Gasteiger partial charge on any atom is 0.240 e. The minimum Gasteiger partial charge on any atom is -0.355 e. The summed E-state index contributed by atoms with van der Waals surface area (Å²) in [4.78, 5) is 12.1. The first-order valence-electron chi connectivity index (χ1n) is 6.37. The van der Waals surface area contributed by atoms with Crippen molar-refractivity contribution < 1.29 is 4.79 Å². The molecule has 0 saturated heterocycles. The normalized spacial score (nSPS) is 20.3. The predicted molar refractivity (Wildman–Crippen MR) is 71.7 cm³/mol. The lowest BCUT2D eigenvalue weighted by Crippen LogP contribution is -2.42. The van der Waals surface area contributed by atoms with Gasteiger partial charge in [-0.25, -0.2) is 0 Å². The third-order valence-corrected chi connectivity index (χ3v) is 4.63. The molecule has 17 heavy (non-hydrogen) atoms. The van der Waals surface area contributed by atoms with Crippen LogP contribution in [0, 0.1) is 16.7 Å². The molecular weight excluding hydrogens is 232 g/mol. The Morgan fingerprint density at radius 2 is 2.12 bits per heavy atom. The van der Waals surface area contributed by atoms with Crippen molar-refractivity contribution in [3.8, 4) is 6.07 Å². The van der Waals surface area contributed by atoms with Gasteiger partial charge in [0.2, 0.25) is 5.91 Å². The molecule has 0 heterocycles. The fourth-order valence-electron chi connectivity index (χ4n) is 2.22. The molecule has 96 valence electrons. The lowest BCUT2D eigenvalue weighted by molar-refractivity contribution is -0.129. The molecule has 0 spiro atoms. The molecule has 0 aromatic rings. The first-order valence-corrected chi connectivity index (χ1v) is 7.66. The molecule has 0 bridgehead atoms. The highest BCUT2D eigenvalue weighted by molar-refractivity contribution is 7.99. The molecule has 1 atom stereocenters. The number of carbonyl (C=O) groups is 1. The Labute approximate surface area is 108 Å². The highest BCUT2D eigenvalue weighted by Gasteiger charge is 2.39. The lowest BCUT2D eigenvalue weighted by Gasteiger charge is -2.29. The van der Waals surface area contributed by atoms with Gasteiger partial charge in [0.15, 0.2) is 0 Å². The van der Waals surface area contributed by atoms with Gasteiger partial charge in [-0.15, -0.1) is 0 Å². The SMILES string of the molecule is CSC(C)CCNC(=O)C1(C#N)CCCCC1. The summed E-state index contributed by atoms with van der Waals surface area (Å²) in [5, 5.41) is 12.7. The van der Waals surface area contributed by atoms with E-state index in [0.29, 0.717) is 11.8 Å². The van der Waals surface area contributed by atoms with Crippen LogP contribution in [0.15, 0.2) is 0 Å². The van der Waals surface area contributed by atoms with Gasteiger partial charge in [-0.05, 0) is 25.5 Å². The first kappa shape index (κ1) is 14.4. The van der Waals surface area contributed by atoms with Crippen molar-refractivity contribution in [2.24, 2.45) is 5.41 Å². The van der Waals surface area contributed by atoms with E-state index in [4.69, 9.17) is 0 Å². The number of nitriles is 1. The Morgan fingerprint density at radius 1 is 1.47 bits per heavy atom. The van der Waals surface area contributed by atoms with Crippen LogP contribution >= 0.6 is 11.8 Å². The molecule has 3 nitrogen and oxygen atoms in total. The minimum atomic E-state index is -0.735. The Hall–Kier alpha value is -0.690. The molecule has 0 aromatic carbocycles. The van der Waals surface area contributed by atoms with Gasteiger partial charge < -0.3 is 5.32 Å². The maximum absolute atomic E-state index is 12.1. The number of hydrogen-bond acceptors (Lipinski definition) is 3. The summed E-state index contributed by atoms with van der Waals surface area (Å²) in [6, 6.07) is 2.25. The standard InChI is InChI=1S/C13H22N2OS/c1-11(17-2)6-9-15-12(16)13(10-14)7-4-3-5-8-13/h11H,3-9H2,1-2H3,(H,15,16). The van der Waals surface area contributed by atoms with Gasteiger partial charge in [0, 0.05) is 11.8 Å². The Kier molecular flexibility index (Phi) is 5.84. The highest BCUT2D eigenvalue weighted by atomic mass is 32.2. The van der Waals surface area contributed by atoms with Crippen molar-refractivity contribution in [1.29, 1.82) is 5.26 Å². The van der Waals surface area contributed by atoms with Crippen LogP contribution in [0.25, 0.3) is 0 Å². The van der Waals surface area contributed by atoms with E-state index in [-0.39, 0.29) is 5.91 Å². The van der Waals surface area contributed by atoms with Gasteiger partial charge >= 0.3 is 0 Å². The van der Waals surface area contributed by atoms with E-state index in [1.54, 1.807) is 11.8 Å². The third kappa shape index (κ3) is 3.92. The van der Waals surface area contributed by atoms with Crippen molar-refractivity contribution in [1.82, 2.24) is 5.32 Å². The van der Waals surface area contributed by atoms with Crippen LogP contribution in [0.5, 0.6) is 0 Å². The summed E-state index contributed by atoms with van der Waals surface area (Å²) in [6.45, 7) is 2.84. The average molecular weight is 254 g/mol. The van der Waals surface area contributed by atoms with Crippen LogP contribution in [-0.2, 0) is 4.79 Å². The molecule has 1 saturated carbocycles. The summed E-state index contributed by atoms with van der Waals surface area (Å²) in [7, 11) is 0. The van der Waals surface area contributed by atoms with Crippen LogP contribution in [0.3, 0.4) is 0 Å². The van der Waals surface area contributed by atoms with E-state index in [1.807, 2.05) is 0 Å². The van der Waals surface area contributed by atoms with Crippen LogP contribution in [0.2, 0.25) is 0 Å². The van der Waals surface area contributed by atoms with Crippen LogP contribution in [0.4, 0.5) is 0 Å². The second-order valence-electron chi connectivity index (χ2n) is 4.85. The Balaban J connectivity index is 2.42. The molecule has 1 N–H and O–H groups in total. The fourth-order valence-corrected chi connectivity index (χ4v) is 2.57. The molecule has 0 aromatic heterocycles. The summed E-state index contributed by atoms with van der Waals surface area (Å²) in [5.41, 5.74) is -0.735. The summed E-state index contributed by atoms with van der Waals surface area (Å²) in [6.07, 6.45) is 7.66. The number of nitrogens with one attached hydrogen (secondary N) is 1. The van der Waals surface area contributed by atoms with Crippen molar-refractivity contribution in [2.75, 3.05) is 12.8 Å². The van der Waals surface area contributed by atoms with Gasteiger partial charge in [0.1, 0.15) is 5.41 Å². The molecule has 1 aliphatic rings. The Morgan fingerprint density at radius 3 is 2.65 bits per heavy atom. The largest absolute Gasteiger partial charge is 0.355 e. The van der Waals surface area contributed by atoms with Crippen molar-refractivity contribution >= 4 is 17.7 Å². The molecule has 0 aliphatic heterocycles. The first-order chi connectivity index (χ1) is 8.14. The number of nitrogens with zero attached hydrogens (tertiary/aromatic N) is 1. The van der Waals surface area contributed by atoms with Crippen LogP contribution < -0.4 is 5.32 Å². The smallest absolute Gasteiger partial charge is 0.240 e. The van der Waals surface area contributed by atoms with E-state index >= 15 is 0 Å². The number of carbonyl (C=O) groups excluding carboxylic acids is 1. The lowest BCUT2D eigenvalue weighted by atomic mass is 9.74. The number of hydrogen-bond donors (Lipinski definition) is 1. The molecule has 4 heteroatoms. The molecule has 1 unspecified atom stereocenters. The molecule has 1 aliphatic carbocycles. The predicted octanol–water partition coefficient (Wildman–Crippen LogP) is 2.72. The van der Waals surface area contributed by atoms with E-state index in [2.05, 4.69) is 24.6 Å². The fraction of sp³-hybridized carbons (Fsp3) is 0.846. The second kappa shape index (κ2) is 6.90. The van der Waals surface area contributed by atoms with E-state index < -0.39 is 5.41 Å². The second-order valence-corrected chi connectivity index (χ2v) is 6.12. The third-order valence-electron chi connectivity index (χ3n) is 3.59. The zero-order chi connectivity index (χ0) is 12.7. The van der Waals surface area contributed by atoms with Gasteiger partial charge in [-0.2, -0.15) is 17.0 Å². The average Bonchev–Trinajstić information content (AvgIpc) is 2.39. The van der Waals surface area contributed by atoms with E-state index in [0.717, 1.165) is 38.5 Å². The number of rotatable bonds is 5. The number of thioether (sulfide) groups is 1. The zero-order valence-corrected chi connectivity index (χ0v) is 11.6. The molecular formula is C13H22N2OS. The van der Waals surface area contributed by atoms with Crippen molar-refractivity contribution in [3.63, 3.8) is 0 Å². The molecule has 1 amide bonds. The van der Waals surface area contributed by atoms with Gasteiger partial charge in [-0.1, -0.05) is 26.2 Å². The van der Waals surface area contributed by atoms with Gasteiger partial charge in [0.25, 0.3) is 0 Å². The van der Waals surface area contributed by atoms with E-state index in [1.165, 1.54) is 0 Å².